The second kappa shape index (κ2) is 5.13. The Kier molecular flexibility index (Phi) is 3.57. The number of halogens is 1. The van der Waals surface area contributed by atoms with Gasteiger partial charge in [-0.2, -0.15) is 5.26 Å². The number of thiazole rings is 1. The molecule has 0 radical (unpaired) electrons. The maximum absolute atomic E-state index is 8.83. The van der Waals surface area contributed by atoms with Crippen molar-refractivity contribution in [2.45, 2.75) is 13.5 Å². The topological polar surface area (TPSA) is 61.6 Å². The monoisotopic (exact) mass is 264 g/mol. The number of hydrogen-bond acceptors (Lipinski definition) is 5. The Hall–Kier alpha value is -1.64. The number of rotatable bonds is 3. The number of aryl methyl sites for hydroxylation is 1. The molecule has 0 unspecified atom stereocenters. The Morgan fingerprint density at radius 2 is 2.41 bits per heavy atom. The van der Waals surface area contributed by atoms with Gasteiger partial charge in [-0.25, -0.2) is 9.97 Å². The van der Waals surface area contributed by atoms with E-state index in [0.717, 1.165) is 10.7 Å². The summed E-state index contributed by atoms with van der Waals surface area (Å²) >= 11 is 7.59. The molecule has 2 heterocycles. The van der Waals surface area contributed by atoms with Crippen LogP contribution in [-0.4, -0.2) is 9.97 Å². The first-order valence-corrected chi connectivity index (χ1v) is 6.16. The predicted octanol–water partition coefficient (Wildman–Crippen LogP) is 2.98. The largest absolute Gasteiger partial charge is 0.362 e. The molecule has 0 fully saturated rings. The molecule has 2 aromatic rings. The highest BCUT2D eigenvalue weighted by molar-refractivity contribution is 7.09. The zero-order chi connectivity index (χ0) is 12.3. The first kappa shape index (κ1) is 11.8. The van der Waals surface area contributed by atoms with E-state index in [2.05, 4.69) is 15.3 Å². The lowest BCUT2D eigenvalue weighted by molar-refractivity contribution is 1.06. The summed E-state index contributed by atoms with van der Waals surface area (Å²) in [5, 5.41) is 15.2. The van der Waals surface area contributed by atoms with Gasteiger partial charge >= 0.3 is 0 Å². The molecular weight excluding hydrogens is 256 g/mol. The summed E-state index contributed by atoms with van der Waals surface area (Å²) < 4.78 is 0. The fraction of sp³-hybridized carbons (Fsp3) is 0.182. The van der Waals surface area contributed by atoms with Gasteiger partial charge in [-0.05, 0) is 13.0 Å². The van der Waals surface area contributed by atoms with Crippen LogP contribution in [0, 0.1) is 18.3 Å². The molecule has 0 saturated carbocycles. The fourth-order valence-electron chi connectivity index (χ4n) is 1.30. The van der Waals surface area contributed by atoms with E-state index in [1.54, 1.807) is 23.6 Å². The van der Waals surface area contributed by atoms with Gasteiger partial charge in [0.05, 0.1) is 12.1 Å². The SMILES string of the molecule is Cc1csc(CNc2nccc(C#N)c2Cl)n1. The van der Waals surface area contributed by atoms with Crippen LogP contribution < -0.4 is 5.32 Å². The lowest BCUT2D eigenvalue weighted by Gasteiger charge is -2.05. The van der Waals surface area contributed by atoms with E-state index < -0.39 is 0 Å². The molecule has 0 saturated heterocycles. The quantitative estimate of drug-likeness (QED) is 0.926. The number of nitrogens with zero attached hydrogens (tertiary/aromatic N) is 3. The first-order valence-electron chi connectivity index (χ1n) is 4.90. The van der Waals surface area contributed by atoms with Gasteiger partial charge in [0, 0.05) is 17.3 Å². The van der Waals surface area contributed by atoms with Crippen LogP contribution in [0.1, 0.15) is 16.3 Å². The average molecular weight is 265 g/mol. The van der Waals surface area contributed by atoms with Gasteiger partial charge in [-0.1, -0.05) is 11.6 Å². The number of nitriles is 1. The van der Waals surface area contributed by atoms with Crippen molar-refractivity contribution in [1.82, 2.24) is 9.97 Å². The van der Waals surface area contributed by atoms with Gasteiger partial charge in [-0.3, -0.25) is 0 Å². The molecule has 0 aliphatic carbocycles. The van der Waals surface area contributed by atoms with Crippen LogP contribution in [0.15, 0.2) is 17.6 Å². The van der Waals surface area contributed by atoms with E-state index in [1.807, 2.05) is 18.4 Å². The Bertz CT molecular complexity index is 573. The van der Waals surface area contributed by atoms with E-state index in [4.69, 9.17) is 16.9 Å². The summed E-state index contributed by atoms with van der Waals surface area (Å²) in [6.45, 7) is 2.50. The number of anilines is 1. The minimum atomic E-state index is 0.350. The second-order valence-electron chi connectivity index (χ2n) is 3.37. The normalized spacial score (nSPS) is 9.94. The molecule has 0 aromatic carbocycles. The molecule has 0 atom stereocenters. The van der Waals surface area contributed by atoms with Crippen molar-refractivity contribution < 1.29 is 0 Å². The molecular formula is C11H9ClN4S. The molecule has 1 N–H and O–H groups in total. The van der Waals surface area contributed by atoms with E-state index in [-0.39, 0.29) is 0 Å². The van der Waals surface area contributed by atoms with Gasteiger partial charge in [0.2, 0.25) is 0 Å². The van der Waals surface area contributed by atoms with Crippen molar-refractivity contribution in [1.29, 1.82) is 5.26 Å². The first-order chi connectivity index (χ1) is 8.20. The molecule has 0 amide bonds. The third-order valence-corrected chi connectivity index (χ3v) is 3.43. The van der Waals surface area contributed by atoms with E-state index in [9.17, 15) is 0 Å². The lowest BCUT2D eigenvalue weighted by atomic mass is 10.3. The summed E-state index contributed by atoms with van der Waals surface area (Å²) in [5.41, 5.74) is 1.41. The maximum Gasteiger partial charge on any atom is 0.146 e. The maximum atomic E-state index is 8.83. The van der Waals surface area contributed by atoms with Crippen molar-refractivity contribution in [3.05, 3.63) is 38.9 Å². The van der Waals surface area contributed by atoms with Gasteiger partial charge in [-0.15, -0.1) is 11.3 Å². The van der Waals surface area contributed by atoms with Crippen molar-refractivity contribution in [2.75, 3.05) is 5.32 Å². The molecule has 0 spiro atoms. The van der Waals surface area contributed by atoms with Crippen molar-refractivity contribution in [3.8, 4) is 6.07 Å². The van der Waals surface area contributed by atoms with Crippen LogP contribution >= 0.6 is 22.9 Å². The molecule has 17 heavy (non-hydrogen) atoms. The third-order valence-electron chi connectivity index (χ3n) is 2.08. The molecule has 86 valence electrons. The second-order valence-corrected chi connectivity index (χ2v) is 4.69. The van der Waals surface area contributed by atoms with Crippen LogP contribution in [0.2, 0.25) is 5.02 Å². The number of pyridine rings is 1. The van der Waals surface area contributed by atoms with E-state index in [0.29, 0.717) is 22.9 Å². The lowest BCUT2D eigenvalue weighted by Crippen LogP contribution is -2.02. The summed E-state index contributed by atoms with van der Waals surface area (Å²) in [4.78, 5) is 8.41. The number of hydrogen-bond donors (Lipinski definition) is 1. The molecule has 2 rings (SSSR count). The third kappa shape index (κ3) is 2.73. The van der Waals surface area contributed by atoms with Gasteiger partial charge in [0.15, 0.2) is 0 Å². The highest BCUT2D eigenvalue weighted by Gasteiger charge is 2.07. The van der Waals surface area contributed by atoms with Crippen molar-refractivity contribution in [3.63, 3.8) is 0 Å². The van der Waals surface area contributed by atoms with Crippen LogP contribution in [0.25, 0.3) is 0 Å². The van der Waals surface area contributed by atoms with Gasteiger partial charge in [0.25, 0.3) is 0 Å². The zero-order valence-electron chi connectivity index (χ0n) is 9.07. The molecule has 2 aromatic heterocycles. The highest BCUT2D eigenvalue weighted by atomic mass is 35.5. The van der Waals surface area contributed by atoms with Gasteiger partial charge < -0.3 is 5.32 Å². The molecule has 0 aliphatic rings. The molecule has 6 heteroatoms. The molecule has 0 bridgehead atoms. The minimum Gasteiger partial charge on any atom is -0.362 e. The molecule has 4 nitrogen and oxygen atoms in total. The average Bonchev–Trinajstić information content (AvgIpc) is 2.74. The summed E-state index contributed by atoms with van der Waals surface area (Å²) in [7, 11) is 0. The summed E-state index contributed by atoms with van der Waals surface area (Å²) in [6, 6.07) is 3.60. The zero-order valence-corrected chi connectivity index (χ0v) is 10.6. The highest BCUT2D eigenvalue weighted by Crippen LogP contribution is 2.23. The fourth-order valence-corrected chi connectivity index (χ4v) is 2.23. The smallest absolute Gasteiger partial charge is 0.146 e. The standard InChI is InChI=1S/C11H9ClN4S/c1-7-6-17-9(16-7)5-15-11-10(12)8(4-13)2-3-14-11/h2-3,6H,5H2,1H3,(H,14,15). The van der Waals surface area contributed by atoms with E-state index in [1.165, 1.54) is 0 Å². The van der Waals surface area contributed by atoms with Crippen LogP contribution in [0.5, 0.6) is 0 Å². The predicted molar refractivity (Wildman–Crippen MR) is 68.1 cm³/mol. The summed E-state index contributed by atoms with van der Waals surface area (Å²) in [5.74, 6) is 0.513. The van der Waals surface area contributed by atoms with Gasteiger partial charge in [0.1, 0.15) is 21.9 Å². The van der Waals surface area contributed by atoms with Crippen molar-refractivity contribution >= 4 is 28.8 Å². The van der Waals surface area contributed by atoms with E-state index >= 15 is 0 Å². The Morgan fingerprint density at radius 3 is 3.06 bits per heavy atom. The Labute approximate surface area is 108 Å². The number of nitrogens with one attached hydrogen (secondary N) is 1. The summed E-state index contributed by atoms with van der Waals surface area (Å²) in [6.07, 6.45) is 1.56. The number of aromatic nitrogens is 2. The minimum absolute atomic E-state index is 0.350. The Balaban J connectivity index is 2.12. The Morgan fingerprint density at radius 1 is 1.59 bits per heavy atom. The van der Waals surface area contributed by atoms with Crippen LogP contribution in [0.3, 0.4) is 0 Å². The van der Waals surface area contributed by atoms with Crippen LogP contribution in [0.4, 0.5) is 5.82 Å². The molecule has 0 aliphatic heterocycles. The van der Waals surface area contributed by atoms with Crippen LogP contribution in [-0.2, 0) is 6.54 Å². The van der Waals surface area contributed by atoms with Crippen molar-refractivity contribution in [2.24, 2.45) is 0 Å².